The lowest BCUT2D eigenvalue weighted by Gasteiger charge is -2.35. The van der Waals surface area contributed by atoms with Gasteiger partial charge in [-0.3, -0.25) is 20.2 Å². The minimum Gasteiger partial charge on any atom is -0.493 e. The summed E-state index contributed by atoms with van der Waals surface area (Å²) in [7, 11) is 2.85. The zero-order valence-corrected chi connectivity index (χ0v) is 43.2. The lowest BCUT2D eigenvalue weighted by atomic mass is 9.89. The second kappa shape index (κ2) is 22.8. The van der Waals surface area contributed by atoms with E-state index in [1.165, 1.54) is 60.4 Å². The van der Waals surface area contributed by atoms with Crippen LogP contribution in [0.15, 0.2) is 73.8 Å². The molecule has 0 unspecified atom stereocenters. The molecule has 4 saturated heterocycles. The second-order valence-corrected chi connectivity index (χ2v) is 20.5. The molecule has 4 aliphatic rings. The standard InChI is InChI=1S/2C27H30F3N7O2/c2*1-38-22-12-20(15-37-26(22)32-16-33-37)24-23(27(28,29)30)25(35-34-24)21-3-2-19(13-31-21)18-4-8-36(9-5-18)14-17-6-10-39-11-7-17/h2*2-3,12-13,15-18H,4-11,14H2,1H3,(H,34,35). The van der Waals surface area contributed by atoms with Crippen LogP contribution in [0.25, 0.3) is 56.6 Å². The summed E-state index contributed by atoms with van der Waals surface area (Å²) in [4.78, 5) is 22.1. The Labute approximate surface area is 444 Å². The molecule has 0 spiro atoms. The van der Waals surface area contributed by atoms with Crippen molar-refractivity contribution >= 4 is 11.3 Å². The molecule has 4 fully saturated rings. The van der Waals surface area contributed by atoms with E-state index < -0.39 is 23.5 Å². The highest BCUT2D eigenvalue weighted by molar-refractivity contribution is 5.77. The van der Waals surface area contributed by atoms with Gasteiger partial charge < -0.3 is 28.7 Å². The van der Waals surface area contributed by atoms with Crippen LogP contribution in [0, 0.1) is 11.8 Å². The Morgan fingerprint density at radius 2 is 0.949 bits per heavy atom. The van der Waals surface area contributed by atoms with Crippen molar-refractivity contribution in [3.63, 3.8) is 0 Å². The number of pyridine rings is 4. The first-order valence-corrected chi connectivity index (χ1v) is 26.4. The van der Waals surface area contributed by atoms with Crippen LogP contribution in [0.2, 0.25) is 0 Å². The highest BCUT2D eigenvalue weighted by Crippen LogP contribution is 2.45. The van der Waals surface area contributed by atoms with Crippen molar-refractivity contribution in [1.82, 2.24) is 69.4 Å². The summed E-state index contributed by atoms with van der Waals surface area (Å²) < 4.78 is 110. The largest absolute Gasteiger partial charge is 0.493 e. The number of halogens is 6. The number of rotatable bonds is 12. The number of fused-ring (bicyclic) bond motifs is 2. The summed E-state index contributed by atoms with van der Waals surface area (Å²) >= 11 is 0. The molecule has 4 aliphatic heterocycles. The van der Waals surface area contributed by atoms with Gasteiger partial charge in [0.15, 0.2) is 22.8 Å². The molecule has 24 heteroatoms. The summed E-state index contributed by atoms with van der Waals surface area (Å²) in [5.41, 5.74) is 1.07. The number of aromatic nitrogens is 12. The molecule has 0 bridgehead atoms. The number of likely N-dealkylation sites (tertiary alicyclic amines) is 2. The number of nitrogens with zero attached hydrogens (tertiary/aromatic N) is 12. The van der Waals surface area contributed by atoms with Crippen molar-refractivity contribution < 1.29 is 45.3 Å². The minimum absolute atomic E-state index is 0.173. The van der Waals surface area contributed by atoms with E-state index in [4.69, 9.17) is 18.9 Å². The third-order valence-electron chi connectivity index (χ3n) is 15.7. The van der Waals surface area contributed by atoms with Gasteiger partial charge in [-0.25, -0.2) is 19.0 Å². The van der Waals surface area contributed by atoms with E-state index in [9.17, 15) is 26.3 Å². The third kappa shape index (κ3) is 11.4. The zero-order valence-electron chi connectivity index (χ0n) is 43.2. The fourth-order valence-corrected chi connectivity index (χ4v) is 11.5. The van der Waals surface area contributed by atoms with E-state index in [0.717, 1.165) is 128 Å². The highest BCUT2D eigenvalue weighted by atomic mass is 19.4. The van der Waals surface area contributed by atoms with Crippen molar-refractivity contribution in [3.8, 4) is 56.8 Å². The van der Waals surface area contributed by atoms with Crippen LogP contribution in [-0.2, 0) is 21.8 Å². The first-order valence-electron chi connectivity index (χ1n) is 26.4. The summed E-state index contributed by atoms with van der Waals surface area (Å²) in [6.45, 7) is 9.75. The maximum absolute atomic E-state index is 14.4. The lowest BCUT2D eigenvalue weighted by Crippen LogP contribution is -2.38. The van der Waals surface area contributed by atoms with Gasteiger partial charge in [0.2, 0.25) is 0 Å². The van der Waals surface area contributed by atoms with Crippen molar-refractivity contribution in [2.75, 3.05) is 79.9 Å². The number of nitrogens with one attached hydrogen (secondary N) is 2. The first-order chi connectivity index (χ1) is 37.8. The fraction of sp³-hybridized carbons (Fsp3) is 0.481. The Kier molecular flexibility index (Phi) is 15.5. The molecule has 8 aromatic rings. The number of aromatic amines is 2. The van der Waals surface area contributed by atoms with Gasteiger partial charge in [0.05, 0.1) is 37.0 Å². The topological polar surface area (TPSA) is 187 Å². The highest BCUT2D eigenvalue weighted by Gasteiger charge is 2.42. The van der Waals surface area contributed by atoms with E-state index in [0.29, 0.717) is 46.5 Å². The second-order valence-electron chi connectivity index (χ2n) is 20.5. The van der Waals surface area contributed by atoms with Crippen LogP contribution < -0.4 is 9.47 Å². The quantitative estimate of drug-likeness (QED) is 0.110. The number of alkyl halides is 6. The normalized spacial score (nSPS) is 18.2. The molecule has 0 aromatic carbocycles. The summed E-state index contributed by atoms with van der Waals surface area (Å²) in [5.74, 6) is 2.70. The molecule has 2 N–H and O–H groups in total. The maximum atomic E-state index is 14.4. The van der Waals surface area contributed by atoms with Gasteiger partial charge in [-0.15, -0.1) is 0 Å². The van der Waals surface area contributed by atoms with Gasteiger partial charge >= 0.3 is 12.4 Å². The maximum Gasteiger partial charge on any atom is 0.420 e. The lowest BCUT2D eigenvalue weighted by molar-refractivity contribution is -0.137. The number of piperidine rings is 2. The van der Waals surface area contributed by atoms with E-state index in [1.54, 1.807) is 24.5 Å². The Hall–Kier alpha value is -7.02. The van der Waals surface area contributed by atoms with Crippen LogP contribution in [-0.4, -0.2) is 149 Å². The van der Waals surface area contributed by atoms with Crippen LogP contribution >= 0.6 is 0 Å². The molecule has 0 amide bonds. The van der Waals surface area contributed by atoms with E-state index in [-0.39, 0.29) is 45.3 Å². The van der Waals surface area contributed by atoms with Gasteiger partial charge in [0.25, 0.3) is 0 Å². The van der Waals surface area contributed by atoms with Gasteiger partial charge in [-0.05, 0) is 137 Å². The van der Waals surface area contributed by atoms with E-state index >= 15 is 0 Å². The monoisotopic (exact) mass is 1080 g/mol. The van der Waals surface area contributed by atoms with Crippen LogP contribution in [0.5, 0.6) is 11.5 Å². The van der Waals surface area contributed by atoms with Gasteiger partial charge in [-0.2, -0.15) is 46.7 Å². The van der Waals surface area contributed by atoms with Gasteiger partial charge in [-0.1, -0.05) is 12.1 Å². The number of methoxy groups -OCH3 is 2. The molecule has 78 heavy (non-hydrogen) atoms. The Morgan fingerprint density at radius 3 is 1.29 bits per heavy atom. The fourth-order valence-electron chi connectivity index (χ4n) is 11.5. The van der Waals surface area contributed by atoms with Crippen molar-refractivity contribution in [2.45, 2.75) is 75.6 Å². The molecule has 12 rings (SSSR count). The van der Waals surface area contributed by atoms with Gasteiger partial charge in [0.1, 0.15) is 35.2 Å². The number of hydrogen-bond donors (Lipinski definition) is 2. The van der Waals surface area contributed by atoms with Gasteiger partial charge in [0, 0.05) is 75.4 Å². The summed E-state index contributed by atoms with van der Waals surface area (Å²) in [6.07, 6.45) is 8.16. The molecular formula is C54H60F6N14O4. The SMILES string of the molecule is COc1cc(-c2n[nH]c(-c3ccc(C4CCN(CC5CCOCC5)CC4)cn3)c2C(F)(F)F)cn2ncnc12.COc1cc(-c2n[nH]c(-c3ccc(C4CCN(CC5CCOCC5)CC4)cn3)c2C(F)(F)F)cn2ncnc12. The van der Waals surface area contributed by atoms with Crippen LogP contribution in [0.1, 0.15) is 85.5 Å². The molecule has 0 atom stereocenters. The molecule has 12 heterocycles. The first kappa shape index (κ1) is 53.0. The average Bonchev–Trinajstić information content (AvgIpc) is 4.35. The zero-order chi connectivity index (χ0) is 54.0. The predicted molar refractivity (Wildman–Crippen MR) is 275 cm³/mol. The molecule has 412 valence electrons. The molecular weight excluding hydrogens is 1020 g/mol. The van der Waals surface area contributed by atoms with Crippen LogP contribution in [0.4, 0.5) is 26.3 Å². The molecule has 0 saturated carbocycles. The predicted octanol–water partition coefficient (Wildman–Crippen LogP) is 9.63. The molecule has 0 aliphatic carbocycles. The summed E-state index contributed by atoms with van der Waals surface area (Å²) in [5, 5.41) is 21.4. The Morgan fingerprint density at radius 1 is 0.551 bits per heavy atom. The van der Waals surface area contributed by atoms with Crippen molar-refractivity contribution in [1.29, 1.82) is 0 Å². The summed E-state index contributed by atoms with van der Waals surface area (Å²) in [6, 6.07) is 10.0. The Bertz CT molecular complexity index is 3060. The van der Waals surface area contributed by atoms with E-state index in [2.05, 4.69) is 60.3 Å². The number of ether oxygens (including phenoxy) is 4. The van der Waals surface area contributed by atoms with E-state index in [1.807, 2.05) is 12.1 Å². The number of hydrogen-bond acceptors (Lipinski definition) is 14. The molecule has 0 radical (unpaired) electrons. The molecule has 18 nitrogen and oxygen atoms in total. The molecule has 8 aromatic heterocycles. The van der Waals surface area contributed by atoms with Crippen molar-refractivity contribution in [2.24, 2.45) is 11.8 Å². The Balaban J connectivity index is 0.000000165. The number of H-pyrrole nitrogens is 2. The average molecular weight is 1080 g/mol. The minimum atomic E-state index is -4.67. The van der Waals surface area contributed by atoms with Crippen LogP contribution in [0.3, 0.4) is 0 Å². The third-order valence-corrected chi connectivity index (χ3v) is 15.7. The smallest absolute Gasteiger partial charge is 0.420 e. The van der Waals surface area contributed by atoms with Crippen molar-refractivity contribution in [3.05, 3.63) is 96.1 Å².